The summed E-state index contributed by atoms with van der Waals surface area (Å²) in [6, 6.07) is 0. The number of carbonyl (C=O) groups excluding carboxylic acids is 1. The lowest BCUT2D eigenvalue weighted by Crippen LogP contribution is -1.87. The third kappa shape index (κ3) is 9.92. The van der Waals surface area contributed by atoms with Crippen molar-refractivity contribution in [2.75, 3.05) is 5.33 Å². The zero-order valence-electron chi connectivity index (χ0n) is 9.98. The number of rotatable bonds is 7. The molecule has 0 fully saturated rings. The van der Waals surface area contributed by atoms with Crippen molar-refractivity contribution in [1.29, 1.82) is 0 Å². The van der Waals surface area contributed by atoms with Crippen LogP contribution in [0.3, 0.4) is 0 Å². The van der Waals surface area contributed by atoms with Crippen molar-refractivity contribution in [1.82, 2.24) is 0 Å². The van der Waals surface area contributed by atoms with Gasteiger partial charge in [0.25, 0.3) is 0 Å². The van der Waals surface area contributed by atoms with Crippen LogP contribution in [0.5, 0.6) is 0 Å². The second-order valence-electron chi connectivity index (χ2n) is 4.01. The van der Waals surface area contributed by atoms with E-state index in [2.05, 4.69) is 41.9 Å². The van der Waals surface area contributed by atoms with Crippen LogP contribution in [-0.2, 0) is 4.79 Å². The fourth-order valence-corrected chi connectivity index (χ4v) is 1.45. The molecule has 0 aliphatic carbocycles. The number of alkyl halides is 1. The summed E-state index contributed by atoms with van der Waals surface area (Å²) in [5.41, 5.74) is 2.77. The molecule has 0 spiro atoms. The highest BCUT2D eigenvalue weighted by molar-refractivity contribution is 9.09. The molecule has 0 amide bonds. The molecule has 0 N–H and O–H groups in total. The monoisotopic (exact) mass is 272 g/mol. The average molecular weight is 273 g/mol. The van der Waals surface area contributed by atoms with Crippen molar-refractivity contribution in [2.45, 2.75) is 46.5 Å². The summed E-state index contributed by atoms with van der Waals surface area (Å²) in [5.74, 6) is 0.272. The van der Waals surface area contributed by atoms with Gasteiger partial charge < -0.3 is 4.79 Å². The Morgan fingerprint density at radius 3 is 2.07 bits per heavy atom. The minimum absolute atomic E-state index is 0.272. The Balaban J connectivity index is 3.73. The highest BCUT2D eigenvalue weighted by Crippen LogP contribution is 2.09. The van der Waals surface area contributed by atoms with Crippen molar-refractivity contribution in [2.24, 2.45) is 0 Å². The quantitative estimate of drug-likeness (QED) is 0.495. The average Bonchev–Trinajstić information content (AvgIpc) is 2.17. The summed E-state index contributed by atoms with van der Waals surface area (Å²) in [6.07, 6.45) is 8.20. The third-order valence-electron chi connectivity index (χ3n) is 2.23. The molecule has 0 atom stereocenters. The van der Waals surface area contributed by atoms with Gasteiger partial charge in [0.05, 0.1) is 0 Å². The number of hydrogen-bond donors (Lipinski definition) is 0. The lowest BCUT2D eigenvalue weighted by atomic mass is 10.1. The predicted molar refractivity (Wildman–Crippen MR) is 70.5 cm³/mol. The van der Waals surface area contributed by atoms with E-state index in [1.165, 1.54) is 11.1 Å². The van der Waals surface area contributed by atoms with E-state index in [1.54, 1.807) is 6.92 Å². The van der Waals surface area contributed by atoms with E-state index in [0.29, 0.717) is 6.42 Å². The molecule has 0 bridgehead atoms. The molecular formula is C13H21BrO. The Hall–Kier alpha value is -0.370. The molecule has 0 aromatic carbocycles. The topological polar surface area (TPSA) is 17.1 Å². The number of carbonyl (C=O) groups is 1. The molecule has 1 nitrogen and oxygen atoms in total. The molecule has 86 valence electrons. The molecule has 15 heavy (non-hydrogen) atoms. The Bertz CT molecular complexity index is 251. The SMILES string of the molecule is CC(=O)CC/C=C(\C)CC/C=C(\C)CBr. The first kappa shape index (κ1) is 14.6. The van der Waals surface area contributed by atoms with Crippen molar-refractivity contribution >= 4 is 21.7 Å². The van der Waals surface area contributed by atoms with Gasteiger partial charge in [-0.25, -0.2) is 0 Å². The first-order chi connectivity index (χ1) is 7.06. The van der Waals surface area contributed by atoms with E-state index in [9.17, 15) is 4.79 Å². The molecule has 0 unspecified atom stereocenters. The van der Waals surface area contributed by atoms with Gasteiger partial charge in [0.15, 0.2) is 0 Å². The molecule has 0 aromatic rings. The highest BCUT2D eigenvalue weighted by Gasteiger charge is 1.92. The maximum Gasteiger partial charge on any atom is 0.130 e. The largest absolute Gasteiger partial charge is 0.300 e. The van der Waals surface area contributed by atoms with Crippen LogP contribution in [0.15, 0.2) is 23.3 Å². The van der Waals surface area contributed by atoms with Crippen LogP contribution in [0.25, 0.3) is 0 Å². The zero-order chi connectivity index (χ0) is 11.7. The van der Waals surface area contributed by atoms with Crippen LogP contribution in [-0.4, -0.2) is 11.1 Å². The van der Waals surface area contributed by atoms with E-state index in [1.807, 2.05) is 0 Å². The maximum atomic E-state index is 10.7. The van der Waals surface area contributed by atoms with Crippen LogP contribution in [0.1, 0.15) is 46.5 Å². The minimum Gasteiger partial charge on any atom is -0.300 e. The van der Waals surface area contributed by atoms with Crippen LogP contribution < -0.4 is 0 Å². The van der Waals surface area contributed by atoms with Gasteiger partial charge in [-0.2, -0.15) is 0 Å². The second kappa shape index (κ2) is 8.90. The van der Waals surface area contributed by atoms with E-state index < -0.39 is 0 Å². The number of allylic oxidation sites excluding steroid dienone is 4. The lowest BCUT2D eigenvalue weighted by Gasteiger charge is -1.99. The van der Waals surface area contributed by atoms with Crippen LogP contribution >= 0.6 is 15.9 Å². The molecule has 0 saturated heterocycles. The van der Waals surface area contributed by atoms with Crippen LogP contribution in [0, 0.1) is 0 Å². The van der Waals surface area contributed by atoms with Gasteiger partial charge in [0, 0.05) is 11.8 Å². The summed E-state index contributed by atoms with van der Waals surface area (Å²) >= 11 is 3.42. The van der Waals surface area contributed by atoms with Crippen LogP contribution in [0.2, 0.25) is 0 Å². The summed E-state index contributed by atoms with van der Waals surface area (Å²) in [5, 5.41) is 0.958. The van der Waals surface area contributed by atoms with E-state index in [4.69, 9.17) is 0 Å². The van der Waals surface area contributed by atoms with Gasteiger partial charge >= 0.3 is 0 Å². The summed E-state index contributed by atoms with van der Waals surface area (Å²) in [7, 11) is 0. The normalized spacial score (nSPS) is 13.1. The minimum atomic E-state index is 0.272. The fraction of sp³-hybridized carbons (Fsp3) is 0.615. The fourth-order valence-electron chi connectivity index (χ4n) is 1.22. The molecule has 0 radical (unpaired) electrons. The first-order valence-electron chi connectivity index (χ1n) is 5.43. The van der Waals surface area contributed by atoms with E-state index in [0.717, 1.165) is 24.6 Å². The highest BCUT2D eigenvalue weighted by atomic mass is 79.9. The second-order valence-corrected chi connectivity index (χ2v) is 4.57. The molecule has 0 aliphatic heterocycles. The van der Waals surface area contributed by atoms with Gasteiger partial charge in [-0.05, 0) is 40.0 Å². The van der Waals surface area contributed by atoms with E-state index in [-0.39, 0.29) is 5.78 Å². The predicted octanol–water partition coefficient (Wildman–Crippen LogP) is 4.42. The van der Waals surface area contributed by atoms with Crippen molar-refractivity contribution < 1.29 is 4.79 Å². The zero-order valence-corrected chi connectivity index (χ0v) is 11.6. The molecule has 0 heterocycles. The van der Waals surface area contributed by atoms with Crippen molar-refractivity contribution in [3.05, 3.63) is 23.3 Å². The van der Waals surface area contributed by atoms with Gasteiger partial charge in [-0.1, -0.05) is 39.2 Å². The number of ketones is 1. The standard InChI is InChI=1S/C13H21BrO/c1-11(7-5-9-13(3)15)6-4-8-12(2)10-14/h7-8H,4-6,9-10H2,1-3H3/b11-7+,12-8+. The van der Waals surface area contributed by atoms with Gasteiger partial charge in [-0.15, -0.1) is 0 Å². The van der Waals surface area contributed by atoms with Crippen molar-refractivity contribution in [3.63, 3.8) is 0 Å². The molecule has 0 aliphatic rings. The van der Waals surface area contributed by atoms with Crippen LogP contribution in [0.4, 0.5) is 0 Å². The Kier molecular flexibility index (Phi) is 8.68. The molecular weight excluding hydrogens is 252 g/mol. The van der Waals surface area contributed by atoms with Crippen molar-refractivity contribution in [3.8, 4) is 0 Å². The van der Waals surface area contributed by atoms with E-state index >= 15 is 0 Å². The molecule has 2 heteroatoms. The molecule has 0 rings (SSSR count). The van der Waals surface area contributed by atoms with Gasteiger partial charge in [-0.3, -0.25) is 0 Å². The third-order valence-corrected chi connectivity index (χ3v) is 3.12. The summed E-state index contributed by atoms with van der Waals surface area (Å²) < 4.78 is 0. The lowest BCUT2D eigenvalue weighted by molar-refractivity contribution is -0.116. The summed E-state index contributed by atoms with van der Waals surface area (Å²) in [4.78, 5) is 10.7. The smallest absolute Gasteiger partial charge is 0.130 e. The molecule has 0 saturated carbocycles. The Morgan fingerprint density at radius 2 is 1.53 bits per heavy atom. The Labute approximate surface area is 102 Å². The maximum absolute atomic E-state index is 10.7. The first-order valence-corrected chi connectivity index (χ1v) is 6.55. The summed E-state index contributed by atoms with van der Waals surface area (Å²) in [6.45, 7) is 5.91. The van der Waals surface area contributed by atoms with Gasteiger partial charge in [0.2, 0.25) is 0 Å². The Morgan fingerprint density at radius 1 is 1.00 bits per heavy atom. The number of halogens is 1. The number of hydrogen-bond acceptors (Lipinski definition) is 1. The van der Waals surface area contributed by atoms with Gasteiger partial charge in [0.1, 0.15) is 5.78 Å². The number of Topliss-reactive ketones (excluding diaryl/α,β-unsaturated/α-hetero) is 1. The molecule has 0 aromatic heterocycles.